The van der Waals surface area contributed by atoms with Crippen molar-refractivity contribution in [2.45, 2.75) is 30.2 Å². The molecular formula is C20H15N5O20V2. The summed E-state index contributed by atoms with van der Waals surface area (Å²) in [6.07, 6.45) is -7.27. The Kier molecular flexibility index (Phi) is 17.0. The first-order chi connectivity index (χ1) is 20.6. The van der Waals surface area contributed by atoms with E-state index in [1.807, 2.05) is 0 Å². The van der Waals surface area contributed by atoms with E-state index in [4.69, 9.17) is 0 Å². The zero-order valence-electron chi connectivity index (χ0n) is 22.7. The Morgan fingerprint density at radius 1 is 0.298 bits per heavy atom. The smallest absolute Gasteiger partial charge is 0.548 e. The molecule has 5 atom stereocenters. The van der Waals surface area contributed by atoms with Gasteiger partial charge in [0.2, 0.25) is 0 Å². The fourth-order valence-corrected chi connectivity index (χ4v) is 2.71. The molecule has 0 spiro atoms. The van der Waals surface area contributed by atoms with Gasteiger partial charge in [0, 0.05) is 32.7 Å². The molecule has 250 valence electrons. The number of hydrogen-bond acceptors (Lipinski definition) is 20. The van der Waals surface area contributed by atoms with Crippen molar-refractivity contribution >= 4 is 60.3 Å². The average molecular weight is 747 g/mol. The van der Waals surface area contributed by atoms with Crippen molar-refractivity contribution < 1.29 is 136 Å². The van der Waals surface area contributed by atoms with Gasteiger partial charge in [-0.25, -0.2) is 0 Å². The predicted octanol–water partition coefficient (Wildman–Crippen LogP) is -16.2. The number of carboxylic acid groups (broad SMARTS) is 10. The van der Waals surface area contributed by atoms with Crippen LogP contribution in [-0.4, -0.2) is 148 Å². The van der Waals surface area contributed by atoms with Crippen molar-refractivity contribution in [2.75, 3.05) is 32.7 Å². The molecular weight excluding hydrogens is 732 g/mol. The Morgan fingerprint density at radius 3 is 0.426 bits per heavy atom. The molecule has 0 unspecified atom stereocenters. The summed E-state index contributed by atoms with van der Waals surface area (Å²) in [7, 11) is 0. The fraction of sp³-hybridized carbons (Fsp3) is 0.500. The molecule has 0 saturated carbocycles. The molecule has 0 bridgehead atoms. The van der Waals surface area contributed by atoms with Crippen LogP contribution in [-0.2, 0) is 61.1 Å². The van der Waals surface area contributed by atoms with Gasteiger partial charge in [-0.2, -0.15) is 0 Å². The van der Waals surface area contributed by atoms with Crippen LogP contribution in [0.2, 0.25) is 0 Å². The molecule has 5 amide bonds. The summed E-state index contributed by atoms with van der Waals surface area (Å²) in [5.74, 6) is -6.81. The van der Waals surface area contributed by atoms with Crippen molar-refractivity contribution in [2.24, 2.45) is 0 Å². The van der Waals surface area contributed by atoms with Gasteiger partial charge in [0.05, 0.1) is 60.1 Å². The number of carbonyl (C=O) groups is 10. The number of rotatable bonds is 5. The Hall–Kier alpha value is -5.13. The fourth-order valence-electron chi connectivity index (χ4n) is 2.71. The standard InChI is InChI=1S/5C4H5NO4.2V/c5*6-3(7)2-1-5(2)4(8)9;;/h5*2H,1H2,(H,6,7)(H,8,9);;/q;;;;;2*+5/p-10/t5*2-,5?;;/m00000../s1. The zero-order chi connectivity index (χ0) is 35.1. The number of carboxylic acids is 5. The van der Waals surface area contributed by atoms with E-state index < -0.39 is 90.5 Å². The number of hydrogen-bond donors (Lipinski definition) is 0. The van der Waals surface area contributed by atoms with E-state index in [1.165, 1.54) is 0 Å². The molecule has 27 heteroatoms. The largest absolute Gasteiger partial charge is 5.00 e. The molecule has 0 aromatic carbocycles. The number of aliphatic carboxylic acids is 5. The molecule has 5 fully saturated rings. The van der Waals surface area contributed by atoms with Gasteiger partial charge < -0.3 is 124 Å². The molecule has 5 rings (SSSR count). The van der Waals surface area contributed by atoms with Crippen LogP contribution in [0.4, 0.5) is 24.0 Å². The van der Waals surface area contributed by atoms with Gasteiger partial charge >= 0.3 is 37.1 Å². The third-order valence-electron chi connectivity index (χ3n) is 5.59. The Balaban J connectivity index is 0. The van der Waals surface area contributed by atoms with Crippen LogP contribution in [0.25, 0.3) is 0 Å². The summed E-state index contributed by atoms with van der Waals surface area (Å²) in [6.45, 7) is 0.0231. The molecule has 5 aliphatic rings. The van der Waals surface area contributed by atoms with E-state index in [2.05, 4.69) is 0 Å². The first-order valence-electron chi connectivity index (χ1n) is 11.6. The molecule has 5 heterocycles. The molecule has 0 radical (unpaired) electrons. The summed E-state index contributed by atoms with van der Waals surface area (Å²) in [5.41, 5.74) is 0. The molecule has 5 saturated heterocycles. The Bertz CT molecular complexity index is 972. The minimum Gasteiger partial charge on any atom is -0.548 e. The molecule has 5 aliphatic heterocycles. The molecule has 0 aromatic heterocycles. The van der Waals surface area contributed by atoms with E-state index in [0.29, 0.717) is 24.5 Å². The topological polar surface area (TPSA) is 416 Å². The van der Waals surface area contributed by atoms with Gasteiger partial charge in [-0.1, -0.05) is 0 Å². The SMILES string of the molecule is O=C([O-])[C@@H]1CN1C(=O)[O-].O=C([O-])[C@@H]1CN1C(=O)[O-].O=C([O-])[C@@H]1CN1C(=O)[O-].O=C([O-])[C@@H]1CN1C(=O)[O-].O=C([O-])[C@@H]1CN1C(=O)[O-].[V+5].[V+5]. The number of carbonyl (C=O) groups excluding carboxylic acids is 10. The Labute approximate surface area is 283 Å². The van der Waals surface area contributed by atoms with E-state index in [-0.39, 0.29) is 69.8 Å². The average Bonchev–Trinajstić information content (AvgIpc) is 3.76. The van der Waals surface area contributed by atoms with Crippen LogP contribution in [0.1, 0.15) is 0 Å². The monoisotopic (exact) mass is 747 g/mol. The molecule has 0 aliphatic carbocycles. The van der Waals surface area contributed by atoms with Gasteiger partial charge in [-0.3, -0.25) is 0 Å². The summed E-state index contributed by atoms with van der Waals surface area (Å²) in [6, 6.07) is -4.81. The van der Waals surface area contributed by atoms with Gasteiger partial charge in [-0.05, 0) is 0 Å². The first kappa shape index (κ1) is 44.0. The van der Waals surface area contributed by atoms with Crippen LogP contribution in [0, 0.1) is 0 Å². The maximum Gasteiger partial charge on any atom is 5.00 e. The van der Waals surface area contributed by atoms with Gasteiger partial charge in [0.25, 0.3) is 0 Å². The third kappa shape index (κ3) is 14.7. The Morgan fingerprint density at radius 2 is 0.404 bits per heavy atom. The predicted molar refractivity (Wildman–Crippen MR) is 104 cm³/mol. The molecule has 0 aromatic rings. The van der Waals surface area contributed by atoms with Crippen molar-refractivity contribution in [1.82, 2.24) is 24.5 Å². The number of nitrogens with zero attached hydrogens (tertiary/aromatic N) is 5. The summed E-state index contributed by atoms with van der Waals surface area (Å²) in [4.78, 5) is 102. The van der Waals surface area contributed by atoms with Gasteiger partial charge in [0.1, 0.15) is 30.5 Å². The summed E-state index contributed by atoms with van der Waals surface area (Å²) >= 11 is 0. The quantitative estimate of drug-likeness (QED) is 0.236. The minimum atomic E-state index is -1.45. The van der Waals surface area contributed by atoms with Crippen LogP contribution in [0.15, 0.2) is 0 Å². The van der Waals surface area contributed by atoms with Gasteiger partial charge in [0.15, 0.2) is 0 Å². The maximum atomic E-state index is 9.83. The van der Waals surface area contributed by atoms with Crippen LogP contribution in [0.3, 0.4) is 0 Å². The van der Waals surface area contributed by atoms with Crippen molar-refractivity contribution in [3.8, 4) is 0 Å². The van der Waals surface area contributed by atoms with E-state index in [9.17, 15) is 99.0 Å². The molecule has 47 heavy (non-hydrogen) atoms. The van der Waals surface area contributed by atoms with Crippen LogP contribution < -0.4 is 51.1 Å². The second-order valence-electron chi connectivity index (χ2n) is 8.77. The van der Waals surface area contributed by atoms with E-state index in [0.717, 1.165) is 0 Å². The zero-order valence-corrected chi connectivity index (χ0v) is 25.5. The van der Waals surface area contributed by atoms with Gasteiger partial charge in [-0.15, -0.1) is 0 Å². The third-order valence-corrected chi connectivity index (χ3v) is 5.59. The van der Waals surface area contributed by atoms with Crippen molar-refractivity contribution in [1.29, 1.82) is 0 Å². The minimum absolute atomic E-state index is 0. The second kappa shape index (κ2) is 18.1. The number of amides is 5. The normalized spacial score (nSPS) is 22.6. The van der Waals surface area contributed by atoms with Crippen LogP contribution >= 0.6 is 0 Å². The molecule has 25 nitrogen and oxygen atoms in total. The van der Waals surface area contributed by atoms with Crippen molar-refractivity contribution in [3.63, 3.8) is 0 Å². The second-order valence-corrected chi connectivity index (χ2v) is 8.77. The van der Waals surface area contributed by atoms with E-state index in [1.54, 1.807) is 0 Å². The molecule has 0 N–H and O–H groups in total. The maximum absolute atomic E-state index is 9.83. The summed E-state index contributed by atoms with van der Waals surface area (Å²) < 4.78 is 0. The summed E-state index contributed by atoms with van der Waals surface area (Å²) in [5, 5.41) is 98.2. The van der Waals surface area contributed by atoms with Crippen LogP contribution in [0.5, 0.6) is 0 Å². The first-order valence-corrected chi connectivity index (χ1v) is 11.6. The van der Waals surface area contributed by atoms with E-state index >= 15 is 0 Å². The van der Waals surface area contributed by atoms with Crippen molar-refractivity contribution in [3.05, 3.63) is 0 Å².